The number of aliphatic hydroxyl groups is 1. The van der Waals surface area contributed by atoms with Gasteiger partial charge in [0.1, 0.15) is 5.75 Å². The Balaban J connectivity index is 1.74. The minimum Gasteiger partial charge on any atom is -0.497 e. The molecule has 0 aliphatic carbocycles. The van der Waals surface area contributed by atoms with Crippen LogP contribution in [0.2, 0.25) is 0 Å². The summed E-state index contributed by atoms with van der Waals surface area (Å²) in [6.45, 7) is 1.83. The Morgan fingerprint density at radius 2 is 1.96 bits per heavy atom. The van der Waals surface area contributed by atoms with E-state index >= 15 is 0 Å². The molecule has 1 N–H and O–H groups in total. The highest BCUT2D eigenvalue weighted by atomic mass is 16.5. The van der Waals surface area contributed by atoms with E-state index in [9.17, 15) is 14.7 Å². The summed E-state index contributed by atoms with van der Waals surface area (Å²) >= 11 is 0. The van der Waals surface area contributed by atoms with E-state index in [0.29, 0.717) is 17.9 Å². The first kappa shape index (κ1) is 17.5. The molecule has 27 heavy (non-hydrogen) atoms. The number of hydrogen-bond donors (Lipinski definition) is 1. The monoisotopic (exact) mass is 366 g/mol. The Labute approximate surface area is 158 Å². The number of aliphatic hydroxyl groups excluding tert-OH is 1. The maximum atomic E-state index is 13.3. The van der Waals surface area contributed by atoms with Gasteiger partial charge in [0.2, 0.25) is 5.91 Å². The van der Waals surface area contributed by atoms with Crippen molar-refractivity contribution in [2.45, 2.75) is 24.9 Å². The second kappa shape index (κ2) is 6.70. The zero-order valence-corrected chi connectivity index (χ0v) is 15.3. The third-order valence-electron chi connectivity index (χ3n) is 5.61. The van der Waals surface area contributed by atoms with Crippen LogP contribution in [-0.2, 0) is 4.79 Å². The van der Waals surface area contributed by atoms with Crippen LogP contribution in [0.1, 0.15) is 28.8 Å². The van der Waals surface area contributed by atoms with Crippen molar-refractivity contribution in [1.82, 2.24) is 4.90 Å². The molecule has 0 radical (unpaired) electrons. The molecule has 2 aromatic rings. The highest BCUT2D eigenvalue weighted by Crippen LogP contribution is 2.48. The third kappa shape index (κ3) is 2.68. The molecule has 2 amide bonds. The van der Waals surface area contributed by atoms with Gasteiger partial charge in [0.05, 0.1) is 25.8 Å². The molecule has 0 unspecified atom stereocenters. The fourth-order valence-corrected chi connectivity index (χ4v) is 4.44. The largest absolute Gasteiger partial charge is 0.497 e. The van der Waals surface area contributed by atoms with Crippen molar-refractivity contribution in [2.24, 2.45) is 0 Å². The molecule has 0 aromatic heterocycles. The highest BCUT2D eigenvalue weighted by molar-refractivity contribution is 6.07. The average Bonchev–Trinajstić information content (AvgIpc) is 2.67. The average molecular weight is 366 g/mol. The smallest absolute Gasteiger partial charge is 0.258 e. The number of hydrogen-bond acceptors (Lipinski definition) is 4. The van der Waals surface area contributed by atoms with Crippen molar-refractivity contribution in [2.75, 3.05) is 25.2 Å². The fourth-order valence-electron chi connectivity index (χ4n) is 4.44. The molecule has 1 saturated heterocycles. The number of benzene rings is 2. The number of carbonyl (C=O) groups excluding carboxylic acids is 2. The lowest BCUT2D eigenvalue weighted by molar-refractivity contribution is -0.147. The first-order chi connectivity index (χ1) is 13.1. The van der Waals surface area contributed by atoms with Gasteiger partial charge < -0.3 is 19.6 Å². The molecule has 2 aliphatic rings. The van der Waals surface area contributed by atoms with Crippen LogP contribution in [0.15, 0.2) is 48.5 Å². The Morgan fingerprint density at radius 1 is 1.19 bits per heavy atom. The number of amides is 2. The predicted octanol–water partition coefficient (Wildman–Crippen LogP) is 2.03. The van der Waals surface area contributed by atoms with E-state index < -0.39 is 0 Å². The summed E-state index contributed by atoms with van der Waals surface area (Å²) in [6, 6.07) is 14.5. The van der Waals surface area contributed by atoms with Crippen molar-refractivity contribution in [3.63, 3.8) is 0 Å². The van der Waals surface area contributed by atoms with E-state index in [-0.39, 0.29) is 36.4 Å². The van der Waals surface area contributed by atoms with E-state index in [0.717, 1.165) is 11.3 Å². The van der Waals surface area contributed by atoms with Gasteiger partial charge in [-0.05, 0) is 29.8 Å². The van der Waals surface area contributed by atoms with Crippen LogP contribution >= 0.6 is 0 Å². The number of rotatable bonds is 3. The molecule has 2 aromatic carbocycles. The molecule has 140 valence electrons. The number of nitrogens with zero attached hydrogens (tertiary/aromatic N) is 2. The Morgan fingerprint density at radius 3 is 2.67 bits per heavy atom. The van der Waals surface area contributed by atoms with Gasteiger partial charge in [-0.2, -0.15) is 0 Å². The maximum absolute atomic E-state index is 13.3. The van der Waals surface area contributed by atoms with Crippen LogP contribution in [-0.4, -0.2) is 54.2 Å². The molecular formula is C21H22N2O4. The second-order valence-electron chi connectivity index (χ2n) is 6.98. The van der Waals surface area contributed by atoms with E-state index in [1.807, 2.05) is 24.3 Å². The lowest BCUT2D eigenvalue weighted by Crippen LogP contribution is -2.70. The van der Waals surface area contributed by atoms with Gasteiger partial charge in [0.25, 0.3) is 5.91 Å². The quantitative estimate of drug-likeness (QED) is 0.902. The maximum Gasteiger partial charge on any atom is 0.258 e. The minimum absolute atomic E-state index is 0.0458. The Bertz CT molecular complexity index is 897. The number of anilines is 1. The van der Waals surface area contributed by atoms with E-state index in [1.165, 1.54) is 6.92 Å². The molecule has 4 rings (SSSR count). The molecule has 6 heteroatoms. The fraction of sp³-hybridized carbons (Fsp3) is 0.333. The Hall–Kier alpha value is -2.86. The molecule has 2 heterocycles. The summed E-state index contributed by atoms with van der Waals surface area (Å²) in [7, 11) is 1.57. The standard InChI is InChI=1S/C21H22N2O4/c1-13(25)23-18-11-22(21(26)14-6-5-7-15(10-14)27-2)17-9-4-3-8-16(17)20(18)19(23)12-24/h3-10,18-20,24H,11-12H2,1-2H3/t18-,19-,20+/m1/s1. The van der Waals surface area contributed by atoms with Crippen LogP contribution in [0, 0.1) is 0 Å². The summed E-state index contributed by atoms with van der Waals surface area (Å²) in [5.41, 5.74) is 2.38. The van der Waals surface area contributed by atoms with E-state index in [4.69, 9.17) is 4.74 Å². The molecule has 2 aliphatic heterocycles. The van der Waals surface area contributed by atoms with Gasteiger partial charge in [-0.25, -0.2) is 0 Å². The minimum atomic E-state index is -0.234. The van der Waals surface area contributed by atoms with Gasteiger partial charge in [-0.1, -0.05) is 24.3 Å². The predicted molar refractivity (Wildman–Crippen MR) is 101 cm³/mol. The molecule has 0 bridgehead atoms. The highest BCUT2D eigenvalue weighted by Gasteiger charge is 2.54. The topological polar surface area (TPSA) is 70.1 Å². The number of fused-ring (bicyclic) bond motifs is 3. The van der Waals surface area contributed by atoms with E-state index in [1.54, 1.807) is 41.2 Å². The van der Waals surface area contributed by atoms with Gasteiger partial charge in [0, 0.05) is 30.6 Å². The van der Waals surface area contributed by atoms with Gasteiger partial charge >= 0.3 is 0 Å². The molecule has 6 nitrogen and oxygen atoms in total. The summed E-state index contributed by atoms with van der Waals surface area (Å²) in [5, 5.41) is 9.79. The van der Waals surface area contributed by atoms with Gasteiger partial charge in [-0.15, -0.1) is 0 Å². The Kier molecular flexibility index (Phi) is 4.36. The van der Waals surface area contributed by atoms with Crippen LogP contribution in [0.4, 0.5) is 5.69 Å². The molecule has 0 spiro atoms. The number of para-hydroxylation sites is 1. The molecule has 1 fully saturated rings. The van der Waals surface area contributed by atoms with Crippen LogP contribution in [0.5, 0.6) is 5.75 Å². The lowest BCUT2D eigenvalue weighted by atomic mass is 9.72. The molecule has 0 saturated carbocycles. The zero-order valence-electron chi connectivity index (χ0n) is 15.3. The van der Waals surface area contributed by atoms with Crippen molar-refractivity contribution in [1.29, 1.82) is 0 Å². The number of methoxy groups -OCH3 is 1. The lowest BCUT2D eigenvalue weighted by Gasteiger charge is -2.58. The van der Waals surface area contributed by atoms with Crippen molar-refractivity contribution < 1.29 is 19.4 Å². The van der Waals surface area contributed by atoms with Crippen molar-refractivity contribution >= 4 is 17.5 Å². The SMILES string of the molecule is COc1cccc(C(=O)N2C[C@@H]3[C@H](c4ccccc42)[C@@H](CO)N3C(C)=O)c1. The van der Waals surface area contributed by atoms with Crippen molar-refractivity contribution in [3.8, 4) is 5.75 Å². The summed E-state index contributed by atoms with van der Waals surface area (Å²) in [5.74, 6) is 0.460. The van der Waals surface area contributed by atoms with Gasteiger partial charge in [-0.3, -0.25) is 9.59 Å². The molecule has 3 atom stereocenters. The summed E-state index contributed by atoms with van der Waals surface area (Å²) in [4.78, 5) is 28.8. The van der Waals surface area contributed by atoms with Crippen molar-refractivity contribution in [3.05, 3.63) is 59.7 Å². The number of carbonyl (C=O) groups is 2. The van der Waals surface area contributed by atoms with E-state index in [2.05, 4.69) is 0 Å². The summed E-state index contributed by atoms with van der Waals surface area (Å²) in [6.07, 6.45) is 0. The summed E-state index contributed by atoms with van der Waals surface area (Å²) < 4.78 is 5.24. The van der Waals surface area contributed by atoms with Crippen LogP contribution in [0.3, 0.4) is 0 Å². The third-order valence-corrected chi connectivity index (χ3v) is 5.61. The first-order valence-electron chi connectivity index (χ1n) is 9.01. The number of ether oxygens (including phenoxy) is 1. The number of likely N-dealkylation sites (tertiary alicyclic amines) is 1. The van der Waals surface area contributed by atoms with Gasteiger partial charge in [0.15, 0.2) is 0 Å². The van der Waals surface area contributed by atoms with Crippen LogP contribution < -0.4 is 9.64 Å². The second-order valence-corrected chi connectivity index (χ2v) is 6.98. The normalized spacial score (nSPS) is 23.1. The first-order valence-corrected chi connectivity index (χ1v) is 9.01. The molecular weight excluding hydrogens is 344 g/mol. The van der Waals surface area contributed by atoms with Crippen LogP contribution in [0.25, 0.3) is 0 Å². The zero-order chi connectivity index (χ0) is 19.1.